The average molecular weight is 377 g/mol. The minimum Gasteiger partial charge on any atom is -0.459 e. The first kappa shape index (κ1) is 18.6. The predicted molar refractivity (Wildman–Crippen MR) is 98.8 cm³/mol. The normalized spacial score (nSPS) is 16.5. The molecule has 1 aromatic carbocycles. The smallest absolute Gasteiger partial charge is 0.291 e. The average Bonchev–Trinajstić information content (AvgIpc) is 3.16. The molecule has 1 saturated heterocycles. The lowest BCUT2D eigenvalue weighted by atomic mass is 10.0. The van der Waals surface area contributed by atoms with E-state index in [1.54, 1.807) is 36.4 Å². The van der Waals surface area contributed by atoms with Crippen molar-refractivity contribution in [2.75, 3.05) is 18.4 Å². The van der Waals surface area contributed by atoms with Gasteiger partial charge in [0.1, 0.15) is 0 Å². The first-order valence-electron chi connectivity index (χ1n) is 8.62. The van der Waals surface area contributed by atoms with Crippen molar-refractivity contribution in [3.63, 3.8) is 0 Å². The first-order chi connectivity index (χ1) is 12.4. The Labute approximate surface area is 153 Å². The zero-order valence-corrected chi connectivity index (χ0v) is 15.5. The van der Waals surface area contributed by atoms with E-state index in [2.05, 4.69) is 17.0 Å². The van der Waals surface area contributed by atoms with Crippen molar-refractivity contribution >= 4 is 21.8 Å². The van der Waals surface area contributed by atoms with Crippen molar-refractivity contribution in [1.82, 2.24) is 9.03 Å². The maximum atomic E-state index is 12.4. The molecule has 3 rings (SSSR count). The van der Waals surface area contributed by atoms with Gasteiger partial charge in [0.25, 0.3) is 16.1 Å². The van der Waals surface area contributed by atoms with Crippen LogP contribution in [0.25, 0.3) is 0 Å². The van der Waals surface area contributed by atoms with E-state index in [0.717, 1.165) is 18.4 Å². The summed E-state index contributed by atoms with van der Waals surface area (Å²) < 4.78 is 33.9. The lowest BCUT2D eigenvalue weighted by Gasteiger charge is -2.29. The summed E-state index contributed by atoms with van der Waals surface area (Å²) in [4.78, 5) is 11.9. The van der Waals surface area contributed by atoms with Crippen LogP contribution in [0.5, 0.6) is 0 Å². The standard InChI is InChI=1S/C18H23N3O4S/c1-14-8-10-21(11-9-14)26(23,24)19-13-15-4-6-16(7-5-15)20-18(22)17-3-2-12-25-17/h2-7,12,14,19H,8-11,13H2,1H3,(H,20,22). The number of piperidine rings is 1. The summed E-state index contributed by atoms with van der Waals surface area (Å²) in [6, 6.07) is 10.2. The van der Waals surface area contributed by atoms with E-state index in [1.807, 2.05) is 0 Å². The second-order valence-corrected chi connectivity index (χ2v) is 8.29. The quantitative estimate of drug-likeness (QED) is 0.809. The third-order valence-corrected chi connectivity index (χ3v) is 6.05. The highest BCUT2D eigenvalue weighted by Crippen LogP contribution is 2.18. The van der Waals surface area contributed by atoms with E-state index in [9.17, 15) is 13.2 Å². The van der Waals surface area contributed by atoms with E-state index in [1.165, 1.54) is 10.6 Å². The fourth-order valence-electron chi connectivity index (χ4n) is 2.80. The van der Waals surface area contributed by atoms with Crippen molar-refractivity contribution in [2.45, 2.75) is 26.3 Å². The second kappa shape index (κ2) is 8.03. The Kier molecular flexibility index (Phi) is 5.75. The van der Waals surface area contributed by atoms with Crippen LogP contribution < -0.4 is 10.0 Å². The molecule has 0 atom stereocenters. The lowest BCUT2D eigenvalue weighted by Crippen LogP contribution is -2.44. The van der Waals surface area contributed by atoms with Gasteiger partial charge in [-0.15, -0.1) is 0 Å². The van der Waals surface area contributed by atoms with Crippen molar-refractivity contribution in [3.8, 4) is 0 Å². The summed E-state index contributed by atoms with van der Waals surface area (Å²) in [5.41, 5.74) is 1.43. The van der Waals surface area contributed by atoms with Crippen LogP contribution in [0.15, 0.2) is 47.1 Å². The molecule has 2 heterocycles. The molecule has 0 unspecified atom stereocenters. The highest BCUT2D eigenvalue weighted by molar-refractivity contribution is 7.87. The number of furan rings is 1. The van der Waals surface area contributed by atoms with Crippen molar-refractivity contribution in [2.24, 2.45) is 5.92 Å². The number of carbonyl (C=O) groups excluding carboxylic acids is 1. The Balaban J connectivity index is 1.53. The zero-order chi connectivity index (χ0) is 18.6. The predicted octanol–water partition coefficient (Wildman–Crippen LogP) is 2.60. The van der Waals surface area contributed by atoms with Gasteiger partial charge in [-0.05, 0) is 48.6 Å². The Hall–Kier alpha value is -2.16. The van der Waals surface area contributed by atoms with E-state index in [0.29, 0.717) is 24.7 Å². The van der Waals surface area contributed by atoms with Crippen molar-refractivity contribution in [3.05, 3.63) is 54.0 Å². The number of amides is 1. The zero-order valence-electron chi connectivity index (χ0n) is 14.6. The molecule has 0 radical (unpaired) electrons. The molecule has 140 valence electrons. The summed E-state index contributed by atoms with van der Waals surface area (Å²) in [7, 11) is -3.46. The summed E-state index contributed by atoms with van der Waals surface area (Å²) >= 11 is 0. The number of benzene rings is 1. The van der Waals surface area contributed by atoms with Gasteiger partial charge in [-0.2, -0.15) is 17.4 Å². The maximum Gasteiger partial charge on any atom is 0.291 e. The maximum absolute atomic E-state index is 12.4. The molecule has 0 saturated carbocycles. The van der Waals surface area contributed by atoms with Gasteiger partial charge in [0.05, 0.1) is 6.26 Å². The van der Waals surface area contributed by atoms with Gasteiger partial charge in [-0.3, -0.25) is 4.79 Å². The number of hydrogen-bond acceptors (Lipinski definition) is 4. The molecule has 0 spiro atoms. The SMILES string of the molecule is CC1CCN(S(=O)(=O)NCc2ccc(NC(=O)c3ccco3)cc2)CC1. The highest BCUT2D eigenvalue weighted by Gasteiger charge is 2.25. The molecule has 0 aliphatic carbocycles. The molecule has 1 aromatic heterocycles. The van der Waals surface area contributed by atoms with Crippen LogP contribution in [0, 0.1) is 5.92 Å². The number of carbonyl (C=O) groups is 1. The topological polar surface area (TPSA) is 91.7 Å². The third kappa shape index (κ3) is 4.72. The van der Waals surface area contributed by atoms with Crippen molar-refractivity contribution in [1.29, 1.82) is 0 Å². The molecule has 26 heavy (non-hydrogen) atoms. The molecular weight excluding hydrogens is 354 g/mol. The van der Waals surface area contributed by atoms with Crippen LogP contribution in [-0.2, 0) is 16.8 Å². The van der Waals surface area contributed by atoms with Crippen molar-refractivity contribution < 1.29 is 17.6 Å². The molecular formula is C18H23N3O4S. The van der Waals surface area contributed by atoms with Crippen LogP contribution in [0.2, 0.25) is 0 Å². The number of rotatable bonds is 6. The van der Waals surface area contributed by atoms with Crippen LogP contribution in [0.1, 0.15) is 35.9 Å². The highest BCUT2D eigenvalue weighted by atomic mass is 32.2. The van der Waals surface area contributed by atoms with Crippen LogP contribution >= 0.6 is 0 Å². The summed E-state index contributed by atoms with van der Waals surface area (Å²) in [6.07, 6.45) is 3.23. The van der Waals surface area contributed by atoms with Gasteiger partial charge in [-0.1, -0.05) is 19.1 Å². The summed E-state index contributed by atoms with van der Waals surface area (Å²) in [5.74, 6) is 0.478. The molecule has 1 aliphatic rings. The Morgan fingerprint density at radius 2 is 1.88 bits per heavy atom. The number of anilines is 1. The second-order valence-electron chi connectivity index (χ2n) is 6.54. The van der Waals surface area contributed by atoms with Crippen LogP contribution in [0.3, 0.4) is 0 Å². The fraction of sp³-hybridized carbons (Fsp3) is 0.389. The van der Waals surface area contributed by atoms with Gasteiger partial charge in [0, 0.05) is 25.3 Å². The monoisotopic (exact) mass is 377 g/mol. The largest absolute Gasteiger partial charge is 0.459 e. The lowest BCUT2D eigenvalue weighted by molar-refractivity contribution is 0.0996. The number of hydrogen-bond donors (Lipinski definition) is 2. The summed E-state index contributed by atoms with van der Waals surface area (Å²) in [5, 5.41) is 2.72. The number of nitrogens with one attached hydrogen (secondary N) is 2. The number of nitrogens with zero attached hydrogens (tertiary/aromatic N) is 1. The van der Waals surface area contributed by atoms with Gasteiger partial charge < -0.3 is 9.73 Å². The summed E-state index contributed by atoms with van der Waals surface area (Å²) in [6.45, 7) is 3.48. The Morgan fingerprint density at radius 1 is 1.19 bits per heavy atom. The van der Waals surface area contributed by atoms with E-state index in [4.69, 9.17) is 4.42 Å². The molecule has 7 nitrogen and oxygen atoms in total. The molecule has 1 fully saturated rings. The Bertz CT molecular complexity index is 824. The van der Waals surface area contributed by atoms with Gasteiger partial charge >= 0.3 is 0 Å². The molecule has 1 amide bonds. The van der Waals surface area contributed by atoms with Gasteiger partial charge in [0.15, 0.2) is 5.76 Å². The van der Waals surface area contributed by atoms with Crippen LogP contribution in [-0.4, -0.2) is 31.7 Å². The van der Waals surface area contributed by atoms with E-state index in [-0.39, 0.29) is 18.2 Å². The molecule has 0 bridgehead atoms. The van der Waals surface area contributed by atoms with Gasteiger partial charge in [-0.25, -0.2) is 0 Å². The van der Waals surface area contributed by atoms with Gasteiger partial charge in [0.2, 0.25) is 0 Å². The van der Waals surface area contributed by atoms with E-state index >= 15 is 0 Å². The molecule has 1 aliphatic heterocycles. The Morgan fingerprint density at radius 3 is 2.50 bits per heavy atom. The first-order valence-corrected chi connectivity index (χ1v) is 10.1. The minimum absolute atomic E-state index is 0.209. The molecule has 2 N–H and O–H groups in total. The third-order valence-electron chi connectivity index (χ3n) is 4.50. The fourth-order valence-corrected chi connectivity index (χ4v) is 4.02. The van der Waals surface area contributed by atoms with Crippen LogP contribution in [0.4, 0.5) is 5.69 Å². The molecule has 2 aromatic rings. The van der Waals surface area contributed by atoms with E-state index < -0.39 is 10.2 Å². The molecule has 8 heteroatoms. The minimum atomic E-state index is -3.46.